The average Bonchev–Trinajstić information content (AvgIpc) is 2.68. The van der Waals surface area contributed by atoms with Crippen LogP contribution in [0.25, 0.3) is 0 Å². The van der Waals surface area contributed by atoms with E-state index in [0.717, 1.165) is 23.3 Å². The lowest BCUT2D eigenvalue weighted by Crippen LogP contribution is -2.36. The van der Waals surface area contributed by atoms with Crippen molar-refractivity contribution in [2.24, 2.45) is 0 Å². The zero-order valence-electron chi connectivity index (χ0n) is 14.2. The first-order valence-corrected chi connectivity index (χ1v) is 9.83. The minimum atomic E-state index is -0.0104. The molecule has 1 aliphatic rings. The molecule has 4 heteroatoms. The van der Waals surface area contributed by atoms with Crippen LogP contribution in [0.2, 0.25) is 0 Å². The van der Waals surface area contributed by atoms with Crippen molar-refractivity contribution in [1.82, 2.24) is 5.32 Å². The van der Waals surface area contributed by atoms with Gasteiger partial charge in [-0.3, -0.25) is 9.59 Å². The molecule has 1 saturated carbocycles. The van der Waals surface area contributed by atoms with E-state index in [4.69, 9.17) is 0 Å². The molecule has 0 aliphatic heterocycles. The lowest BCUT2D eigenvalue weighted by molar-refractivity contribution is 0.0927. The van der Waals surface area contributed by atoms with Crippen LogP contribution in [-0.2, 0) is 0 Å². The largest absolute Gasteiger partial charge is 0.349 e. The van der Waals surface area contributed by atoms with Gasteiger partial charge in [0.05, 0.1) is 5.75 Å². The minimum absolute atomic E-state index is 0.0104. The second-order valence-corrected chi connectivity index (χ2v) is 7.46. The third-order valence-corrected chi connectivity index (χ3v) is 5.50. The molecule has 1 amide bonds. The Hall–Kier alpha value is -2.07. The number of ketones is 1. The van der Waals surface area contributed by atoms with Gasteiger partial charge in [0.1, 0.15) is 0 Å². The molecule has 0 radical (unpaired) electrons. The first-order chi connectivity index (χ1) is 12.2. The monoisotopic (exact) mass is 353 g/mol. The molecule has 0 unspecified atom stereocenters. The van der Waals surface area contributed by atoms with Crippen LogP contribution in [0.3, 0.4) is 0 Å². The Bertz CT molecular complexity index is 724. The van der Waals surface area contributed by atoms with Gasteiger partial charge in [-0.2, -0.15) is 0 Å². The van der Waals surface area contributed by atoms with Gasteiger partial charge in [-0.05, 0) is 31.0 Å². The zero-order chi connectivity index (χ0) is 17.5. The third-order valence-electron chi connectivity index (χ3n) is 4.50. The van der Waals surface area contributed by atoms with E-state index in [1.165, 1.54) is 31.0 Å². The Kier molecular flexibility index (Phi) is 6.29. The minimum Gasteiger partial charge on any atom is -0.349 e. The number of hydrogen-bond donors (Lipinski definition) is 1. The number of carbonyl (C=O) groups excluding carboxylic acids is 2. The predicted molar refractivity (Wildman–Crippen MR) is 102 cm³/mol. The van der Waals surface area contributed by atoms with Gasteiger partial charge in [-0.1, -0.05) is 55.7 Å². The highest BCUT2D eigenvalue weighted by Gasteiger charge is 2.17. The summed E-state index contributed by atoms with van der Waals surface area (Å²) in [7, 11) is 0. The van der Waals surface area contributed by atoms with Gasteiger partial charge in [0.2, 0.25) is 0 Å². The quantitative estimate of drug-likeness (QED) is 0.603. The van der Waals surface area contributed by atoms with Crippen molar-refractivity contribution in [2.45, 2.75) is 43.0 Å². The first-order valence-electron chi connectivity index (χ1n) is 8.84. The molecule has 25 heavy (non-hydrogen) atoms. The Morgan fingerprint density at radius 3 is 2.40 bits per heavy atom. The summed E-state index contributed by atoms with van der Waals surface area (Å²) in [6.45, 7) is 0. The summed E-state index contributed by atoms with van der Waals surface area (Å²) in [4.78, 5) is 25.6. The van der Waals surface area contributed by atoms with Crippen LogP contribution in [0.5, 0.6) is 0 Å². The van der Waals surface area contributed by atoms with Gasteiger partial charge < -0.3 is 5.32 Å². The van der Waals surface area contributed by atoms with Crippen LogP contribution in [0.15, 0.2) is 59.5 Å². The standard InChI is InChI=1S/C21H23NO2S/c23-20(16-8-3-1-4-9-16)15-25-19-13-7-10-17(14-19)21(24)22-18-11-5-2-6-12-18/h1,3-4,7-10,13-14,18H,2,5-6,11-12,15H2,(H,22,24). The van der Waals surface area contributed by atoms with Crippen LogP contribution in [-0.4, -0.2) is 23.5 Å². The molecule has 0 aromatic heterocycles. The number of carbonyl (C=O) groups is 2. The van der Waals surface area contributed by atoms with Gasteiger partial charge >= 0.3 is 0 Å². The second kappa shape index (κ2) is 8.86. The zero-order valence-corrected chi connectivity index (χ0v) is 15.1. The Morgan fingerprint density at radius 1 is 0.920 bits per heavy atom. The molecule has 0 saturated heterocycles. The summed E-state index contributed by atoms with van der Waals surface area (Å²) in [5.41, 5.74) is 1.39. The number of rotatable bonds is 6. The van der Waals surface area contributed by atoms with E-state index in [1.54, 1.807) is 0 Å². The molecule has 0 heterocycles. The number of hydrogen-bond acceptors (Lipinski definition) is 3. The van der Waals surface area contributed by atoms with Crippen molar-refractivity contribution >= 4 is 23.5 Å². The molecule has 2 aromatic carbocycles. The van der Waals surface area contributed by atoms with E-state index in [1.807, 2.05) is 54.6 Å². The fourth-order valence-corrected chi connectivity index (χ4v) is 3.95. The molecular weight excluding hydrogens is 330 g/mol. The highest BCUT2D eigenvalue weighted by Crippen LogP contribution is 2.22. The molecule has 0 atom stereocenters. The number of amides is 1. The summed E-state index contributed by atoms with van der Waals surface area (Å²) >= 11 is 1.47. The van der Waals surface area contributed by atoms with Crippen LogP contribution < -0.4 is 5.32 Å². The van der Waals surface area contributed by atoms with Gasteiger partial charge in [0, 0.05) is 22.1 Å². The van der Waals surface area contributed by atoms with Crippen LogP contribution >= 0.6 is 11.8 Å². The predicted octanol–water partition coefficient (Wildman–Crippen LogP) is 4.72. The molecule has 2 aromatic rings. The van der Waals surface area contributed by atoms with E-state index in [9.17, 15) is 9.59 Å². The van der Waals surface area contributed by atoms with Crippen molar-refractivity contribution in [1.29, 1.82) is 0 Å². The maximum Gasteiger partial charge on any atom is 0.251 e. The van der Waals surface area contributed by atoms with Crippen molar-refractivity contribution in [3.8, 4) is 0 Å². The summed E-state index contributed by atoms with van der Waals surface area (Å²) in [6, 6.07) is 17.1. The fraction of sp³-hybridized carbons (Fsp3) is 0.333. The molecule has 0 spiro atoms. The Labute approximate surface area is 153 Å². The van der Waals surface area contributed by atoms with Crippen molar-refractivity contribution in [3.63, 3.8) is 0 Å². The lowest BCUT2D eigenvalue weighted by Gasteiger charge is -2.22. The normalized spacial score (nSPS) is 14.9. The van der Waals surface area contributed by atoms with Crippen LogP contribution in [0.1, 0.15) is 52.8 Å². The van der Waals surface area contributed by atoms with E-state index >= 15 is 0 Å². The number of nitrogens with one attached hydrogen (secondary N) is 1. The third kappa shape index (κ3) is 5.20. The van der Waals surface area contributed by atoms with E-state index in [2.05, 4.69) is 5.32 Å². The number of benzene rings is 2. The molecule has 1 fully saturated rings. The van der Waals surface area contributed by atoms with Gasteiger partial charge in [-0.25, -0.2) is 0 Å². The van der Waals surface area contributed by atoms with E-state index in [-0.39, 0.29) is 11.7 Å². The molecule has 3 rings (SSSR count). The highest BCUT2D eigenvalue weighted by atomic mass is 32.2. The van der Waals surface area contributed by atoms with Crippen molar-refractivity contribution in [2.75, 3.05) is 5.75 Å². The summed E-state index contributed by atoms with van der Waals surface area (Å²) in [5, 5.41) is 3.14. The van der Waals surface area contributed by atoms with E-state index < -0.39 is 0 Å². The van der Waals surface area contributed by atoms with Crippen molar-refractivity contribution in [3.05, 3.63) is 65.7 Å². The van der Waals surface area contributed by atoms with Crippen LogP contribution in [0, 0.1) is 0 Å². The second-order valence-electron chi connectivity index (χ2n) is 6.41. The highest BCUT2D eigenvalue weighted by molar-refractivity contribution is 8.00. The summed E-state index contributed by atoms with van der Waals surface area (Å²) in [6.07, 6.45) is 5.82. The Morgan fingerprint density at radius 2 is 1.64 bits per heavy atom. The van der Waals surface area contributed by atoms with Crippen LogP contribution in [0.4, 0.5) is 0 Å². The van der Waals surface area contributed by atoms with Gasteiger partial charge in [0.15, 0.2) is 5.78 Å². The first kappa shape index (κ1) is 17.7. The molecule has 0 bridgehead atoms. The average molecular weight is 353 g/mol. The topological polar surface area (TPSA) is 46.2 Å². The lowest BCUT2D eigenvalue weighted by atomic mass is 9.95. The summed E-state index contributed by atoms with van der Waals surface area (Å²) in [5.74, 6) is 0.462. The van der Waals surface area contributed by atoms with E-state index in [0.29, 0.717) is 17.4 Å². The maximum absolute atomic E-state index is 12.4. The molecule has 1 N–H and O–H groups in total. The fourth-order valence-electron chi connectivity index (χ4n) is 3.10. The molecular formula is C21H23NO2S. The molecule has 130 valence electrons. The van der Waals surface area contributed by atoms with Gasteiger partial charge in [0.25, 0.3) is 5.91 Å². The molecule has 1 aliphatic carbocycles. The summed E-state index contributed by atoms with van der Waals surface area (Å²) < 4.78 is 0. The Balaban J connectivity index is 1.57. The smallest absolute Gasteiger partial charge is 0.251 e. The SMILES string of the molecule is O=C(CSc1cccc(C(=O)NC2CCCCC2)c1)c1ccccc1. The number of Topliss-reactive ketones (excluding diaryl/α,β-unsaturated/α-hetero) is 1. The molecule has 3 nitrogen and oxygen atoms in total. The number of thioether (sulfide) groups is 1. The maximum atomic E-state index is 12.4. The van der Waals surface area contributed by atoms with Crippen molar-refractivity contribution < 1.29 is 9.59 Å². The van der Waals surface area contributed by atoms with Gasteiger partial charge in [-0.15, -0.1) is 11.8 Å².